The fourth-order valence-electron chi connectivity index (χ4n) is 1.81. The number of nitrogens with one attached hydrogen (secondary N) is 1. The van der Waals surface area contributed by atoms with Crippen LogP contribution in [0.25, 0.3) is 0 Å². The zero-order chi connectivity index (χ0) is 9.84. The van der Waals surface area contributed by atoms with Crippen LogP contribution in [0.15, 0.2) is 12.7 Å². The van der Waals surface area contributed by atoms with Crippen molar-refractivity contribution < 1.29 is 4.79 Å². The van der Waals surface area contributed by atoms with E-state index in [0.29, 0.717) is 18.1 Å². The summed E-state index contributed by atoms with van der Waals surface area (Å²) in [7, 11) is 0. The van der Waals surface area contributed by atoms with E-state index in [2.05, 4.69) is 25.7 Å². The van der Waals surface area contributed by atoms with Gasteiger partial charge in [-0.2, -0.15) is 0 Å². The number of Topliss-reactive ketones (excluding diaryl/α,β-unsaturated/α-hetero) is 1. The number of piperidine rings is 1. The van der Waals surface area contributed by atoms with Gasteiger partial charge in [-0.25, -0.2) is 0 Å². The van der Waals surface area contributed by atoms with Gasteiger partial charge in [0.15, 0.2) is 0 Å². The van der Waals surface area contributed by atoms with Crippen LogP contribution in [-0.4, -0.2) is 18.4 Å². The maximum absolute atomic E-state index is 11.6. The summed E-state index contributed by atoms with van der Waals surface area (Å²) in [4.78, 5) is 11.6. The molecule has 1 N–H and O–H groups in total. The maximum Gasteiger partial charge on any atom is 0.139 e. The number of carbonyl (C=O) groups is 1. The topological polar surface area (TPSA) is 29.1 Å². The van der Waals surface area contributed by atoms with Crippen LogP contribution in [0, 0.1) is 11.8 Å². The zero-order valence-corrected chi connectivity index (χ0v) is 8.55. The van der Waals surface area contributed by atoms with E-state index in [0.717, 1.165) is 13.0 Å². The molecule has 1 aliphatic heterocycles. The van der Waals surface area contributed by atoms with Gasteiger partial charge in [-0.1, -0.05) is 19.9 Å². The largest absolute Gasteiger partial charge is 0.309 e. The van der Waals surface area contributed by atoms with E-state index in [1.54, 1.807) is 0 Å². The fourth-order valence-corrected chi connectivity index (χ4v) is 1.81. The fraction of sp³-hybridized carbons (Fsp3) is 0.727. The van der Waals surface area contributed by atoms with Crippen molar-refractivity contribution in [3.8, 4) is 0 Å². The van der Waals surface area contributed by atoms with Gasteiger partial charge in [0.1, 0.15) is 5.78 Å². The summed E-state index contributed by atoms with van der Waals surface area (Å²) in [6, 6.07) is 0.205. The smallest absolute Gasteiger partial charge is 0.139 e. The Bertz CT molecular complexity index is 198. The lowest BCUT2D eigenvalue weighted by atomic mass is 9.87. The summed E-state index contributed by atoms with van der Waals surface area (Å²) in [5, 5.41) is 3.32. The first kappa shape index (κ1) is 10.5. The molecule has 2 atom stereocenters. The van der Waals surface area contributed by atoms with Crippen molar-refractivity contribution in [3.63, 3.8) is 0 Å². The molecule has 0 saturated carbocycles. The van der Waals surface area contributed by atoms with Crippen LogP contribution in [-0.2, 0) is 4.79 Å². The molecule has 0 radical (unpaired) electrons. The first-order chi connectivity index (χ1) is 6.13. The third-order valence-corrected chi connectivity index (χ3v) is 2.54. The molecule has 2 heteroatoms. The van der Waals surface area contributed by atoms with Gasteiger partial charge in [-0.3, -0.25) is 4.79 Å². The van der Waals surface area contributed by atoms with Gasteiger partial charge in [-0.05, 0) is 12.3 Å². The van der Waals surface area contributed by atoms with Crippen molar-refractivity contribution >= 4 is 5.78 Å². The Hall–Kier alpha value is -0.630. The highest BCUT2D eigenvalue weighted by molar-refractivity contribution is 5.82. The van der Waals surface area contributed by atoms with E-state index in [-0.39, 0.29) is 12.0 Å². The molecule has 0 aromatic carbocycles. The Labute approximate surface area is 80.4 Å². The molecule has 0 spiro atoms. The summed E-state index contributed by atoms with van der Waals surface area (Å²) in [6.45, 7) is 8.84. The second-order valence-corrected chi connectivity index (χ2v) is 4.25. The Morgan fingerprint density at radius 1 is 1.69 bits per heavy atom. The molecule has 1 fully saturated rings. The van der Waals surface area contributed by atoms with Crippen LogP contribution >= 0.6 is 0 Å². The number of hydrogen-bond donors (Lipinski definition) is 1. The number of ketones is 1. The predicted molar refractivity (Wildman–Crippen MR) is 54.6 cm³/mol. The monoisotopic (exact) mass is 181 g/mol. The summed E-state index contributed by atoms with van der Waals surface area (Å²) >= 11 is 0. The average molecular weight is 181 g/mol. The van der Waals surface area contributed by atoms with Crippen LogP contribution in [0.1, 0.15) is 26.7 Å². The van der Waals surface area contributed by atoms with Crippen molar-refractivity contribution in [2.24, 2.45) is 11.8 Å². The molecule has 1 aliphatic rings. The Morgan fingerprint density at radius 2 is 2.38 bits per heavy atom. The summed E-state index contributed by atoms with van der Waals surface area (Å²) in [5.41, 5.74) is 0. The quantitative estimate of drug-likeness (QED) is 0.672. The number of carbonyl (C=O) groups excluding carboxylic acids is 1. The Balaban J connectivity index is 2.44. The number of hydrogen-bond acceptors (Lipinski definition) is 2. The molecular weight excluding hydrogens is 162 g/mol. The van der Waals surface area contributed by atoms with E-state index in [4.69, 9.17) is 0 Å². The molecule has 2 nitrogen and oxygen atoms in total. The first-order valence-electron chi connectivity index (χ1n) is 5.02. The van der Waals surface area contributed by atoms with Crippen molar-refractivity contribution in [1.82, 2.24) is 5.32 Å². The van der Waals surface area contributed by atoms with E-state index in [1.165, 1.54) is 0 Å². The Morgan fingerprint density at radius 3 is 2.85 bits per heavy atom. The van der Waals surface area contributed by atoms with Crippen LogP contribution in [0.4, 0.5) is 0 Å². The van der Waals surface area contributed by atoms with Gasteiger partial charge in [-0.15, -0.1) is 6.58 Å². The van der Waals surface area contributed by atoms with Gasteiger partial charge < -0.3 is 5.32 Å². The molecule has 1 heterocycles. The summed E-state index contributed by atoms with van der Waals surface area (Å²) in [5.74, 6) is 1.24. The molecule has 74 valence electrons. The van der Waals surface area contributed by atoms with Gasteiger partial charge in [0.2, 0.25) is 0 Å². The molecule has 1 saturated heterocycles. The first-order valence-corrected chi connectivity index (χ1v) is 5.02. The highest BCUT2D eigenvalue weighted by Gasteiger charge is 2.26. The summed E-state index contributed by atoms with van der Waals surface area (Å²) in [6.07, 6.45) is 3.46. The highest BCUT2D eigenvalue weighted by Crippen LogP contribution is 2.18. The molecular formula is C11H19NO. The maximum atomic E-state index is 11.6. The van der Waals surface area contributed by atoms with Gasteiger partial charge in [0, 0.05) is 24.9 Å². The molecule has 0 amide bonds. The minimum atomic E-state index is 0.205. The third-order valence-electron chi connectivity index (χ3n) is 2.54. The van der Waals surface area contributed by atoms with E-state index in [9.17, 15) is 4.79 Å². The summed E-state index contributed by atoms with van der Waals surface area (Å²) < 4.78 is 0. The lowest BCUT2D eigenvalue weighted by molar-refractivity contribution is -0.125. The van der Waals surface area contributed by atoms with Gasteiger partial charge >= 0.3 is 0 Å². The standard InChI is InChI=1S/C11H19NO/c1-4-10-6-11(13)9(7-12-10)5-8(2)3/h4,8-10,12H,1,5-7H2,2-3H3. The van der Waals surface area contributed by atoms with Crippen molar-refractivity contribution in [2.75, 3.05) is 6.54 Å². The Kier molecular flexibility index (Phi) is 3.67. The molecule has 0 bridgehead atoms. The van der Waals surface area contributed by atoms with Gasteiger partial charge in [0.05, 0.1) is 0 Å². The van der Waals surface area contributed by atoms with Crippen molar-refractivity contribution in [2.45, 2.75) is 32.7 Å². The van der Waals surface area contributed by atoms with E-state index >= 15 is 0 Å². The SMILES string of the molecule is C=CC1CC(=O)C(CC(C)C)CN1. The van der Waals surface area contributed by atoms with Crippen molar-refractivity contribution in [3.05, 3.63) is 12.7 Å². The molecule has 13 heavy (non-hydrogen) atoms. The molecule has 1 rings (SSSR count). The molecule has 2 unspecified atom stereocenters. The van der Waals surface area contributed by atoms with E-state index in [1.807, 2.05) is 6.08 Å². The molecule has 0 aromatic heterocycles. The lowest BCUT2D eigenvalue weighted by Gasteiger charge is -2.27. The molecule has 0 aliphatic carbocycles. The van der Waals surface area contributed by atoms with E-state index < -0.39 is 0 Å². The minimum Gasteiger partial charge on any atom is -0.309 e. The molecule has 0 aromatic rings. The van der Waals surface area contributed by atoms with Crippen LogP contribution in [0.5, 0.6) is 0 Å². The second kappa shape index (κ2) is 4.56. The predicted octanol–water partition coefficient (Wildman–Crippen LogP) is 1.77. The normalized spacial score (nSPS) is 29.3. The minimum absolute atomic E-state index is 0.205. The van der Waals surface area contributed by atoms with Crippen LogP contribution < -0.4 is 5.32 Å². The average Bonchev–Trinajstić information content (AvgIpc) is 2.08. The van der Waals surface area contributed by atoms with Crippen LogP contribution in [0.3, 0.4) is 0 Å². The third kappa shape index (κ3) is 2.96. The van der Waals surface area contributed by atoms with Crippen molar-refractivity contribution in [1.29, 1.82) is 0 Å². The lowest BCUT2D eigenvalue weighted by Crippen LogP contribution is -2.43. The highest BCUT2D eigenvalue weighted by atomic mass is 16.1. The van der Waals surface area contributed by atoms with Gasteiger partial charge in [0.25, 0.3) is 0 Å². The number of rotatable bonds is 3. The zero-order valence-electron chi connectivity index (χ0n) is 8.55. The van der Waals surface area contributed by atoms with Crippen LogP contribution in [0.2, 0.25) is 0 Å². The second-order valence-electron chi connectivity index (χ2n) is 4.25.